The molecule has 0 spiro atoms. The Hall–Kier alpha value is -0.0300. The maximum atomic E-state index is 12.3. The number of hydrogen-bond acceptors (Lipinski definition) is 3. The van der Waals surface area contributed by atoms with Crippen molar-refractivity contribution in [2.24, 2.45) is 17.6 Å². The number of rotatable bonds is 7. The third kappa shape index (κ3) is 5.48. The van der Waals surface area contributed by atoms with Gasteiger partial charge in [0.1, 0.15) is 0 Å². The number of fused-ring (bicyclic) bond motifs is 2. The van der Waals surface area contributed by atoms with Crippen LogP contribution in [0, 0.1) is 11.8 Å². The number of carbonyl (C=O) groups excluding carboxylic acids is 1. The van der Waals surface area contributed by atoms with E-state index in [0.29, 0.717) is 5.91 Å². The average molecular weight is 380 g/mol. The van der Waals surface area contributed by atoms with E-state index in [1.54, 1.807) is 0 Å². The van der Waals surface area contributed by atoms with Gasteiger partial charge in [-0.1, -0.05) is 19.3 Å². The summed E-state index contributed by atoms with van der Waals surface area (Å²) in [6.45, 7) is 4.89. The minimum atomic E-state index is 0. The van der Waals surface area contributed by atoms with Crippen molar-refractivity contribution in [3.8, 4) is 0 Å². The van der Waals surface area contributed by atoms with Crippen molar-refractivity contribution in [3.63, 3.8) is 0 Å². The molecule has 0 aromatic carbocycles. The van der Waals surface area contributed by atoms with Crippen LogP contribution >= 0.6 is 24.8 Å². The molecule has 3 rings (SSSR count). The van der Waals surface area contributed by atoms with Gasteiger partial charge in [-0.3, -0.25) is 9.69 Å². The van der Waals surface area contributed by atoms with Crippen molar-refractivity contribution in [2.75, 3.05) is 32.7 Å². The molecule has 1 saturated heterocycles. The molecular weight excluding hydrogens is 345 g/mol. The Balaban J connectivity index is 0.00000144. The van der Waals surface area contributed by atoms with Gasteiger partial charge in [-0.2, -0.15) is 0 Å². The lowest BCUT2D eigenvalue weighted by Crippen LogP contribution is -2.53. The SMILES string of the molecule is Cl.Cl.NCCCCCCC(=O)N1CCN(C2CC3CCC2C3)CC1. The Morgan fingerprint density at radius 1 is 0.917 bits per heavy atom. The van der Waals surface area contributed by atoms with Crippen molar-refractivity contribution in [1.82, 2.24) is 9.80 Å². The first-order valence-corrected chi connectivity index (χ1v) is 9.50. The Bertz CT molecular complexity index is 375. The lowest BCUT2D eigenvalue weighted by atomic mass is 9.93. The predicted molar refractivity (Wildman–Crippen MR) is 104 cm³/mol. The quantitative estimate of drug-likeness (QED) is 0.691. The molecule has 3 unspecified atom stereocenters. The van der Waals surface area contributed by atoms with Crippen molar-refractivity contribution >= 4 is 30.7 Å². The average Bonchev–Trinajstić information content (AvgIpc) is 3.18. The summed E-state index contributed by atoms with van der Waals surface area (Å²) in [5.41, 5.74) is 5.49. The number of halogens is 2. The highest BCUT2D eigenvalue weighted by Gasteiger charge is 2.42. The van der Waals surface area contributed by atoms with E-state index >= 15 is 0 Å². The second-order valence-electron chi connectivity index (χ2n) is 7.61. The molecular formula is C18H35Cl2N3O. The summed E-state index contributed by atoms with van der Waals surface area (Å²) < 4.78 is 0. The van der Waals surface area contributed by atoms with Crippen LogP contribution < -0.4 is 5.73 Å². The van der Waals surface area contributed by atoms with Crippen LogP contribution in [0.2, 0.25) is 0 Å². The lowest BCUT2D eigenvalue weighted by Gasteiger charge is -2.41. The van der Waals surface area contributed by atoms with E-state index in [-0.39, 0.29) is 24.8 Å². The molecule has 6 heteroatoms. The van der Waals surface area contributed by atoms with Gasteiger partial charge in [0.05, 0.1) is 0 Å². The Morgan fingerprint density at radius 2 is 1.62 bits per heavy atom. The molecule has 3 fully saturated rings. The third-order valence-electron chi connectivity index (χ3n) is 6.18. The summed E-state index contributed by atoms with van der Waals surface area (Å²) in [6, 6.07) is 0.840. The Morgan fingerprint density at radius 3 is 2.21 bits per heavy atom. The molecule has 1 aliphatic heterocycles. The van der Waals surface area contributed by atoms with Crippen LogP contribution in [0.5, 0.6) is 0 Å². The Labute approximate surface area is 159 Å². The molecule has 0 radical (unpaired) electrons. The van der Waals surface area contributed by atoms with E-state index in [2.05, 4.69) is 9.80 Å². The molecule has 2 N–H and O–H groups in total. The fourth-order valence-corrected chi connectivity index (χ4v) is 4.89. The molecule has 4 nitrogen and oxygen atoms in total. The molecule has 0 aromatic heterocycles. The first kappa shape index (κ1) is 22.0. The van der Waals surface area contributed by atoms with Gasteiger partial charge in [-0.05, 0) is 50.5 Å². The molecule has 2 saturated carbocycles. The van der Waals surface area contributed by atoms with Gasteiger partial charge >= 0.3 is 0 Å². The lowest BCUT2D eigenvalue weighted by molar-refractivity contribution is -0.133. The summed E-state index contributed by atoms with van der Waals surface area (Å²) in [5.74, 6) is 2.36. The molecule has 24 heavy (non-hydrogen) atoms. The van der Waals surface area contributed by atoms with Crippen LogP contribution in [-0.2, 0) is 4.79 Å². The minimum Gasteiger partial charge on any atom is -0.340 e. The molecule has 1 heterocycles. The zero-order chi connectivity index (χ0) is 15.4. The van der Waals surface area contributed by atoms with E-state index in [9.17, 15) is 4.79 Å². The van der Waals surface area contributed by atoms with Crippen LogP contribution in [0.3, 0.4) is 0 Å². The van der Waals surface area contributed by atoms with E-state index in [4.69, 9.17) is 5.73 Å². The summed E-state index contributed by atoms with van der Waals surface area (Å²) in [6.07, 6.45) is 11.0. The topological polar surface area (TPSA) is 49.6 Å². The van der Waals surface area contributed by atoms with E-state index < -0.39 is 0 Å². The van der Waals surface area contributed by atoms with Crippen molar-refractivity contribution in [3.05, 3.63) is 0 Å². The molecule has 2 bridgehead atoms. The van der Waals surface area contributed by atoms with Gasteiger partial charge in [0.2, 0.25) is 5.91 Å². The number of amides is 1. The highest BCUT2D eigenvalue weighted by Crippen LogP contribution is 2.46. The van der Waals surface area contributed by atoms with Gasteiger partial charge < -0.3 is 10.6 Å². The number of unbranched alkanes of at least 4 members (excludes halogenated alkanes) is 3. The van der Waals surface area contributed by atoms with Crippen molar-refractivity contribution in [1.29, 1.82) is 0 Å². The highest BCUT2D eigenvalue weighted by molar-refractivity contribution is 5.85. The van der Waals surface area contributed by atoms with Gasteiger partial charge in [-0.25, -0.2) is 0 Å². The molecule has 1 amide bonds. The number of hydrogen-bond donors (Lipinski definition) is 1. The van der Waals surface area contributed by atoms with Crippen LogP contribution in [0.15, 0.2) is 0 Å². The largest absolute Gasteiger partial charge is 0.340 e. The summed E-state index contributed by atoms with van der Waals surface area (Å²) in [5, 5.41) is 0. The third-order valence-corrected chi connectivity index (χ3v) is 6.18. The fourth-order valence-electron chi connectivity index (χ4n) is 4.89. The molecule has 3 atom stereocenters. The number of carbonyl (C=O) groups is 1. The predicted octanol–water partition coefficient (Wildman–Crippen LogP) is 3.07. The summed E-state index contributed by atoms with van der Waals surface area (Å²) >= 11 is 0. The van der Waals surface area contributed by atoms with Crippen LogP contribution in [0.1, 0.15) is 57.8 Å². The van der Waals surface area contributed by atoms with Crippen molar-refractivity contribution in [2.45, 2.75) is 63.8 Å². The second-order valence-corrected chi connectivity index (χ2v) is 7.61. The summed E-state index contributed by atoms with van der Waals surface area (Å²) in [4.78, 5) is 17.1. The van der Waals surface area contributed by atoms with E-state index in [1.165, 1.54) is 32.1 Å². The smallest absolute Gasteiger partial charge is 0.222 e. The van der Waals surface area contributed by atoms with Gasteiger partial charge in [0.15, 0.2) is 0 Å². The number of piperazine rings is 1. The standard InChI is InChI=1S/C18H33N3O.2ClH/c19-8-4-2-1-3-5-18(22)21-11-9-20(10-12-21)17-14-15-6-7-16(17)13-15;;/h15-17H,1-14,19H2;2*1H. The normalized spacial score (nSPS) is 29.2. The zero-order valence-corrected chi connectivity index (χ0v) is 16.5. The van der Waals surface area contributed by atoms with Gasteiger partial charge in [0.25, 0.3) is 0 Å². The highest BCUT2D eigenvalue weighted by atomic mass is 35.5. The van der Waals surface area contributed by atoms with Crippen LogP contribution in [0.4, 0.5) is 0 Å². The van der Waals surface area contributed by atoms with Crippen LogP contribution in [0.25, 0.3) is 0 Å². The van der Waals surface area contributed by atoms with Crippen molar-refractivity contribution < 1.29 is 4.79 Å². The first-order valence-electron chi connectivity index (χ1n) is 9.50. The maximum Gasteiger partial charge on any atom is 0.222 e. The fraction of sp³-hybridized carbons (Fsp3) is 0.944. The Kier molecular flexibility index (Phi) is 9.95. The summed E-state index contributed by atoms with van der Waals surface area (Å²) in [7, 11) is 0. The maximum absolute atomic E-state index is 12.3. The van der Waals surface area contributed by atoms with Gasteiger partial charge in [0, 0.05) is 38.6 Å². The molecule has 142 valence electrons. The number of nitrogens with zero attached hydrogens (tertiary/aromatic N) is 2. The van der Waals surface area contributed by atoms with E-state index in [1.807, 2.05) is 0 Å². The second kappa shape index (κ2) is 10.8. The zero-order valence-electron chi connectivity index (χ0n) is 14.8. The molecule has 0 aromatic rings. The molecule has 3 aliphatic rings. The minimum absolute atomic E-state index is 0. The molecule has 2 aliphatic carbocycles. The monoisotopic (exact) mass is 379 g/mol. The first-order chi connectivity index (χ1) is 10.8. The van der Waals surface area contributed by atoms with Gasteiger partial charge in [-0.15, -0.1) is 24.8 Å². The van der Waals surface area contributed by atoms with E-state index in [0.717, 1.165) is 76.3 Å². The number of nitrogens with two attached hydrogens (primary N) is 1. The van der Waals surface area contributed by atoms with Crippen LogP contribution in [-0.4, -0.2) is 54.5 Å².